The van der Waals surface area contributed by atoms with Gasteiger partial charge in [-0.25, -0.2) is 8.42 Å². The molecule has 2 aromatic rings. The number of benzene rings is 1. The van der Waals surface area contributed by atoms with Crippen LogP contribution < -0.4 is 9.62 Å². The number of amides is 1. The van der Waals surface area contributed by atoms with Gasteiger partial charge in [0.05, 0.1) is 17.6 Å². The molecule has 0 saturated carbocycles. The molecule has 1 amide bonds. The lowest BCUT2D eigenvalue weighted by molar-refractivity contribution is -0.119. The van der Waals surface area contributed by atoms with Crippen molar-refractivity contribution < 1.29 is 13.2 Å². The Labute approximate surface area is 148 Å². The minimum Gasteiger partial charge on any atom is -0.354 e. The number of H-pyrrole nitrogens is 1. The van der Waals surface area contributed by atoms with Gasteiger partial charge in [-0.3, -0.25) is 14.2 Å². The van der Waals surface area contributed by atoms with Crippen LogP contribution in [0.5, 0.6) is 0 Å². The summed E-state index contributed by atoms with van der Waals surface area (Å²) < 4.78 is 25.2. The fourth-order valence-electron chi connectivity index (χ4n) is 2.57. The summed E-state index contributed by atoms with van der Waals surface area (Å²) in [6.07, 6.45) is 1.74. The molecule has 1 aromatic heterocycles. The average molecular weight is 364 g/mol. The Morgan fingerprint density at radius 2 is 1.84 bits per heavy atom. The van der Waals surface area contributed by atoms with Crippen LogP contribution in [0.2, 0.25) is 0 Å². The smallest absolute Gasteiger partial charge is 0.240 e. The van der Waals surface area contributed by atoms with Gasteiger partial charge in [0.15, 0.2) is 0 Å². The Morgan fingerprint density at radius 3 is 2.36 bits per heavy atom. The highest BCUT2D eigenvalue weighted by atomic mass is 32.2. The number of anilines is 1. The molecule has 0 saturated heterocycles. The van der Waals surface area contributed by atoms with Crippen molar-refractivity contribution in [1.82, 2.24) is 15.5 Å². The molecule has 1 heterocycles. The second kappa shape index (κ2) is 7.69. The molecule has 0 unspecified atom stereocenters. The van der Waals surface area contributed by atoms with Gasteiger partial charge in [0.2, 0.25) is 15.9 Å². The fourth-order valence-corrected chi connectivity index (χ4v) is 3.42. The van der Waals surface area contributed by atoms with Gasteiger partial charge in [-0.15, -0.1) is 0 Å². The number of carbonyl (C=O) groups is 1. The molecule has 7 nitrogen and oxygen atoms in total. The molecule has 0 aliphatic heterocycles. The van der Waals surface area contributed by atoms with Gasteiger partial charge in [-0.1, -0.05) is 17.7 Å². The molecule has 2 rings (SSSR count). The molecule has 0 bridgehead atoms. The molecule has 1 aromatic carbocycles. The van der Waals surface area contributed by atoms with Crippen LogP contribution in [0.4, 0.5) is 5.69 Å². The third-order valence-corrected chi connectivity index (χ3v) is 5.13. The summed E-state index contributed by atoms with van der Waals surface area (Å²) in [5, 5.41) is 9.79. The van der Waals surface area contributed by atoms with Crippen LogP contribution in [0.25, 0.3) is 0 Å². The van der Waals surface area contributed by atoms with Crippen LogP contribution in [-0.4, -0.2) is 43.9 Å². The SMILES string of the molecule is Cc1ccc(N(CC(=O)NCCc2c(C)n[nH]c2C)S(C)(=O)=O)cc1. The maximum atomic E-state index is 12.2. The van der Waals surface area contributed by atoms with E-state index in [2.05, 4.69) is 15.5 Å². The molecule has 0 aliphatic carbocycles. The highest BCUT2D eigenvalue weighted by Crippen LogP contribution is 2.17. The molecule has 0 spiro atoms. The lowest BCUT2D eigenvalue weighted by Crippen LogP contribution is -2.41. The van der Waals surface area contributed by atoms with E-state index in [1.165, 1.54) is 0 Å². The topological polar surface area (TPSA) is 95.2 Å². The molecule has 0 fully saturated rings. The standard InChI is InChI=1S/C17H24N4O3S/c1-12-5-7-15(8-6-12)21(25(4,23)24)11-17(22)18-10-9-16-13(2)19-20-14(16)3/h5-8H,9-11H2,1-4H3,(H,18,22)(H,19,20). The largest absolute Gasteiger partial charge is 0.354 e. The number of carbonyl (C=O) groups excluding carboxylic acids is 1. The summed E-state index contributed by atoms with van der Waals surface area (Å²) in [7, 11) is -3.55. The average Bonchev–Trinajstić information content (AvgIpc) is 2.84. The maximum Gasteiger partial charge on any atom is 0.240 e. The van der Waals surface area contributed by atoms with E-state index in [0.717, 1.165) is 33.1 Å². The zero-order valence-electron chi connectivity index (χ0n) is 15.0. The van der Waals surface area contributed by atoms with Crippen molar-refractivity contribution >= 4 is 21.6 Å². The number of nitrogens with zero attached hydrogens (tertiary/aromatic N) is 2. The van der Waals surface area contributed by atoms with Crippen molar-refractivity contribution in [2.24, 2.45) is 0 Å². The molecular formula is C17H24N4O3S. The summed E-state index contributed by atoms with van der Waals surface area (Å²) in [6.45, 7) is 5.93. The molecule has 0 aliphatic rings. The Balaban J connectivity index is 1.99. The monoisotopic (exact) mass is 364 g/mol. The zero-order chi connectivity index (χ0) is 18.6. The van der Waals surface area contributed by atoms with E-state index in [1.54, 1.807) is 12.1 Å². The second-order valence-electron chi connectivity index (χ2n) is 6.12. The number of aromatic nitrogens is 2. The van der Waals surface area contributed by atoms with Crippen molar-refractivity contribution in [3.8, 4) is 0 Å². The molecule has 0 radical (unpaired) electrons. The lowest BCUT2D eigenvalue weighted by Gasteiger charge is -2.22. The van der Waals surface area contributed by atoms with E-state index in [-0.39, 0.29) is 12.5 Å². The number of nitrogens with one attached hydrogen (secondary N) is 2. The predicted molar refractivity (Wildman–Crippen MR) is 98.1 cm³/mol. The predicted octanol–water partition coefficient (Wildman–Crippen LogP) is 1.46. The molecule has 0 atom stereocenters. The van der Waals surface area contributed by atoms with Crippen molar-refractivity contribution in [2.75, 3.05) is 23.7 Å². The molecule has 136 valence electrons. The normalized spacial score (nSPS) is 11.4. The van der Waals surface area contributed by atoms with Crippen molar-refractivity contribution in [3.05, 3.63) is 46.8 Å². The van der Waals surface area contributed by atoms with Crippen LogP contribution in [0.1, 0.15) is 22.5 Å². The molecule has 8 heteroatoms. The first kappa shape index (κ1) is 19.0. The van der Waals surface area contributed by atoms with E-state index in [0.29, 0.717) is 18.7 Å². The first-order valence-electron chi connectivity index (χ1n) is 8.00. The van der Waals surface area contributed by atoms with Gasteiger partial charge in [0.25, 0.3) is 0 Å². The van der Waals surface area contributed by atoms with E-state index < -0.39 is 10.0 Å². The van der Waals surface area contributed by atoms with Crippen LogP contribution in [0.3, 0.4) is 0 Å². The quantitative estimate of drug-likeness (QED) is 0.777. The van der Waals surface area contributed by atoms with Crippen molar-refractivity contribution in [3.63, 3.8) is 0 Å². The van der Waals surface area contributed by atoms with Gasteiger partial charge in [0.1, 0.15) is 6.54 Å². The zero-order valence-corrected chi connectivity index (χ0v) is 15.8. The number of rotatable bonds is 7. The first-order chi connectivity index (χ1) is 11.7. The summed E-state index contributed by atoms with van der Waals surface area (Å²) in [5.41, 5.74) is 4.45. The van der Waals surface area contributed by atoms with E-state index >= 15 is 0 Å². The Bertz CT molecular complexity index is 822. The minimum atomic E-state index is -3.55. The fraction of sp³-hybridized carbons (Fsp3) is 0.412. The summed E-state index contributed by atoms with van der Waals surface area (Å²) in [4.78, 5) is 12.2. The van der Waals surface area contributed by atoms with Gasteiger partial charge < -0.3 is 5.32 Å². The number of hydrogen-bond donors (Lipinski definition) is 2. The number of sulfonamides is 1. The number of aryl methyl sites for hydroxylation is 3. The van der Waals surface area contributed by atoms with Crippen molar-refractivity contribution in [2.45, 2.75) is 27.2 Å². The van der Waals surface area contributed by atoms with E-state index in [1.807, 2.05) is 32.9 Å². The third kappa shape index (κ3) is 5.06. The van der Waals surface area contributed by atoms with Gasteiger partial charge in [-0.05, 0) is 44.9 Å². The highest BCUT2D eigenvalue weighted by Gasteiger charge is 2.20. The number of hydrogen-bond acceptors (Lipinski definition) is 4. The Morgan fingerprint density at radius 1 is 1.20 bits per heavy atom. The summed E-state index contributed by atoms with van der Waals surface area (Å²) in [5.74, 6) is -0.343. The molecular weight excluding hydrogens is 340 g/mol. The first-order valence-corrected chi connectivity index (χ1v) is 9.85. The maximum absolute atomic E-state index is 12.2. The minimum absolute atomic E-state index is 0.245. The number of aromatic amines is 1. The van der Waals surface area contributed by atoms with Crippen LogP contribution in [0, 0.1) is 20.8 Å². The van der Waals surface area contributed by atoms with Crippen LogP contribution >= 0.6 is 0 Å². The van der Waals surface area contributed by atoms with Crippen LogP contribution in [-0.2, 0) is 21.2 Å². The summed E-state index contributed by atoms with van der Waals surface area (Å²) in [6, 6.07) is 7.02. The van der Waals surface area contributed by atoms with Gasteiger partial charge in [0, 0.05) is 12.2 Å². The highest BCUT2D eigenvalue weighted by molar-refractivity contribution is 7.92. The van der Waals surface area contributed by atoms with Gasteiger partial charge in [-0.2, -0.15) is 5.10 Å². The van der Waals surface area contributed by atoms with E-state index in [9.17, 15) is 13.2 Å². The molecule has 2 N–H and O–H groups in total. The van der Waals surface area contributed by atoms with Gasteiger partial charge >= 0.3 is 0 Å². The molecule has 25 heavy (non-hydrogen) atoms. The second-order valence-corrected chi connectivity index (χ2v) is 8.02. The van der Waals surface area contributed by atoms with Crippen LogP contribution in [0.15, 0.2) is 24.3 Å². The Kier molecular flexibility index (Phi) is 5.84. The summed E-state index contributed by atoms with van der Waals surface area (Å²) >= 11 is 0. The third-order valence-electron chi connectivity index (χ3n) is 3.99. The van der Waals surface area contributed by atoms with Crippen molar-refractivity contribution in [1.29, 1.82) is 0 Å². The van der Waals surface area contributed by atoms with E-state index in [4.69, 9.17) is 0 Å². The lowest BCUT2D eigenvalue weighted by atomic mass is 10.1. The Hall–Kier alpha value is -2.35.